The van der Waals surface area contributed by atoms with Crippen LogP contribution in [-0.4, -0.2) is 11.1 Å². The van der Waals surface area contributed by atoms with E-state index >= 15 is 0 Å². The molecule has 0 saturated heterocycles. The van der Waals surface area contributed by atoms with E-state index in [-0.39, 0.29) is 5.92 Å². The zero-order valence-corrected chi connectivity index (χ0v) is 7.00. The van der Waals surface area contributed by atoms with Crippen LogP contribution in [0.2, 0.25) is 0 Å². The van der Waals surface area contributed by atoms with Crippen LogP contribution < -0.4 is 0 Å². The highest BCUT2D eigenvalue weighted by molar-refractivity contribution is 5.75. The first-order valence-electron chi connectivity index (χ1n) is 3.96. The van der Waals surface area contributed by atoms with Gasteiger partial charge >= 0.3 is 5.97 Å². The summed E-state index contributed by atoms with van der Waals surface area (Å²) in [7, 11) is 0. The molecule has 0 unspecified atom stereocenters. The average Bonchev–Trinajstić information content (AvgIpc) is 1.95. The molecule has 0 heterocycles. The maximum absolute atomic E-state index is 10.9. The first-order valence-corrected chi connectivity index (χ1v) is 3.96. The molecule has 2 atom stereocenters. The van der Waals surface area contributed by atoms with Gasteiger partial charge in [-0.25, -0.2) is 0 Å². The van der Waals surface area contributed by atoms with Gasteiger partial charge in [0, 0.05) is 0 Å². The minimum Gasteiger partial charge on any atom is -0.481 e. The van der Waals surface area contributed by atoms with Gasteiger partial charge in [-0.3, -0.25) is 4.79 Å². The van der Waals surface area contributed by atoms with Gasteiger partial charge in [-0.2, -0.15) is 0 Å². The summed E-state index contributed by atoms with van der Waals surface area (Å²) in [5, 5.41) is 8.93. The van der Waals surface area contributed by atoms with Gasteiger partial charge in [0.25, 0.3) is 0 Å². The predicted octanol–water partition coefficient (Wildman–Crippen LogP) is 2.06. The van der Waals surface area contributed by atoms with Gasteiger partial charge in [-0.1, -0.05) is 19.1 Å². The van der Waals surface area contributed by atoms with Crippen LogP contribution in [0.5, 0.6) is 0 Å². The summed E-state index contributed by atoms with van der Waals surface area (Å²) in [6, 6.07) is 0. The van der Waals surface area contributed by atoms with Crippen molar-refractivity contribution in [3.05, 3.63) is 12.2 Å². The Hall–Kier alpha value is -0.790. The van der Waals surface area contributed by atoms with Crippen LogP contribution in [0, 0.1) is 11.3 Å². The van der Waals surface area contributed by atoms with Crippen LogP contribution in [0.15, 0.2) is 12.2 Å². The fourth-order valence-electron chi connectivity index (χ4n) is 1.39. The number of hydrogen-bond donors (Lipinski definition) is 1. The van der Waals surface area contributed by atoms with E-state index < -0.39 is 11.4 Å². The molecule has 2 heteroatoms. The van der Waals surface area contributed by atoms with E-state index in [1.54, 1.807) is 0 Å². The molecular weight excluding hydrogens is 140 g/mol. The molecule has 0 fully saturated rings. The summed E-state index contributed by atoms with van der Waals surface area (Å²) in [6.07, 6.45) is 5.59. The summed E-state index contributed by atoms with van der Waals surface area (Å²) in [6.45, 7) is 3.82. The third-order valence-corrected chi connectivity index (χ3v) is 2.77. The summed E-state index contributed by atoms with van der Waals surface area (Å²) >= 11 is 0. The fourth-order valence-corrected chi connectivity index (χ4v) is 1.39. The Bertz CT molecular complexity index is 196. The van der Waals surface area contributed by atoms with E-state index in [9.17, 15) is 4.79 Å². The first kappa shape index (κ1) is 8.31. The van der Waals surface area contributed by atoms with Gasteiger partial charge in [0.2, 0.25) is 0 Å². The molecule has 11 heavy (non-hydrogen) atoms. The summed E-state index contributed by atoms with van der Waals surface area (Å²) in [4.78, 5) is 10.9. The molecule has 2 nitrogen and oxygen atoms in total. The van der Waals surface area contributed by atoms with Crippen LogP contribution in [0.25, 0.3) is 0 Å². The molecule has 62 valence electrons. The highest BCUT2D eigenvalue weighted by atomic mass is 16.4. The Balaban J connectivity index is 2.84. The Morgan fingerprint density at radius 1 is 1.64 bits per heavy atom. The molecule has 1 N–H and O–H groups in total. The average molecular weight is 154 g/mol. The van der Waals surface area contributed by atoms with Gasteiger partial charge in [0.1, 0.15) is 0 Å². The standard InChI is InChI=1S/C9H14O2/c1-7-5-3-4-6-9(7,2)8(10)11/h3-4,7H,5-6H2,1-2H3,(H,10,11)/t7-,9-/m0/s1. The van der Waals surface area contributed by atoms with Crippen LogP contribution in [0.4, 0.5) is 0 Å². The SMILES string of the molecule is C[C@H]1CC=CC[C@]1(C)C(=O)O. The Kier molecular flexibility index (Phi) is 2.03. The molecule has 0 aliphatic heterocycles. The molecule has 0 aromatic heterocycles. The Morgan fingerprint density at radius 3 is 2.64 bits per heavy atom. The second-order valence-electron chi connectivity index (χ2n) is 3.53. The van der Waals surface area contributed by atoms with Crippen molar-refractivity contribution in [1.82, 2.24) is 0 Å². The molecule has 1 rings (SSSR count). The van der Waals surface area contributed by atoms with Gasteiger partial charge in [-0.05, 0) is 25.7 Å². The third kappa shape index (κ3) is 1.30. The van der Waals surface area contributed by atoms with Gasteiger partial charge in [0.05, 0.1) is 5.41 Å². The summed E-state index contributed by atoms with van der Waals surface area (Å²) in [5.74, 6) is -0.417. The van der Waals surface area contributed by atoms with Crippen molar-refractivity contribution in [2.45, 2.75) is 26.7 Å². The molecule has 0 bridgehead atoms. The first-order chi connectivity index (χ1) is 5.07. The third-order valence-electron chi connectivity index (χ3n) is 2.77. The number of carboxylic acid groups (broad SMARTS) is 1. The number of allylic oxidation sites excluding steroid dienone is 2. The lowest BCUT2D eigenvalue weighted by molar-refractivity contribution is -0.151. The van der Waals surface area contributed by atoms with Crippen molar-refractivity contribution in [1.29, 1.82) is 0 Å². The van der Waals surface area contributed by atoms with E-state index in [1.807, 2.05) is 19.9 Å². The van der Waals surface area contributed by atoms with Crippen molar-refractivity contribution in [3.8, 4) is 0 Å². The van der Waals surface area contributed by atoms with Crippen LogP contribution in [0.3, 0.4) is 0 Å². The molecule has 1 aliphatic rings. The lowest BCUT2D eigenvalue weighted by atomic mass is 9.71. The molecule has 0 aromatic rings. The maximum Gasteiger partial charge on any atom is 0.309 e. The Morgan fingerprint density at radius 2 is 2.27 bits per heavy atom. The second kappa shape index (κ2) is 2.68. The molecular formula is C9H14O2. The summed E-state index contributed by atoms with van der Waals surface area (Å²) < 4.78 is 0. The Labute approximate surface area is 66.9 Å². The van der Waals surface area contributed by atoms with E-state index in [2.05, 4.69) is 6.08 Å². The van der Waals surface area contributed by atoms with Crippen molar-refractivity contribution >= 4 is 5.97 Å². The van der Waals surface area contributed by atoms with Crippen molar-refractivity contribution < 1.29 is 9.90 Å². The molecule has 0 radical (unpaired) electrons. The quantitative estimate of drug-likeness (QED) is 0.587. The fraction of sp³-hybridized carbons (Fsp3) is 0.667. The van der Waals surface area contributed by atoms with Crippen molar-refractivity contribution in [2.24, 2.45) is 11.3 Å². The van der Waals surface area contributed by atoms with E-state index in [0.717, 1.165) is 6.42 Å². The van der Waals surface area contributed by atoms with E-state index in [1.165, 1.54) is 0 Å². The normalized spacial score (nSPS) is 37.1. The lowest BCUT2D eigenvalue weighted by Gasteiger charge is -2.32. The molecule has 0 spiro atoms. The van der Waals surface area contributed by atoms with Crippen molar-refractivity contribution in [3.63, 3.8) is 0 Å². The predicted molar refractivity (Wildman–Crippen MR) is 43.3 cm³/mol. The number of carbonyl (C=O) groups is 1. The van der Waals surface area contributed by atoms with E-state index in [0.29, 0.717) is 6.42 Å². The number of rotatable bonds is 1. The number of hydrogen-bond acceptors (Lipinski definition) is 1. The highest BCUT2D eigenvalue weighted by Gasteiger charge is 2.38. The van der Waals surface area contributed by atoms with Gasteiger partial charge in [-0.15, -0.1) is 0 Å². The van der Waals surface area contributed by atoms with Crippen LogP contribution in [-0.2, 0) is 4.79 Å². The number of aliphatic carboxylic acids is 1. The topological polar surface area (TPSA) is 37.3 Å². The molecule has 0 saturated carbocycles. The second-order valence-corrected chi connectivity index (χ2v) is 3.53. The minimum atomic E-state index is -0.672. The zero-order chi connectivity index (χ0) is 8.48. The van der Waals surface area contributed by atoms with E-state index in [4.69, 9.17) is 5.11 Å². The molecule has 0 aromatic carbocycles. The monoisotopic (exact) mass is 154 g/mol. The number of carboxylic acids is 1. The highest BCUT2D eigenvalue weighted by Crippen LogP contribution is 2.37. The van der Waals surface area contributed by atoms with Crippen LogP contribution >= 0.6 is 0 Å². The van der Waals surface area contributed by atoms with Crippen LogP contribution in [0.1, 0.15) is 26.7 Å². The minimum absolute atomic E-state index is 0.255. The zero-order valence-electron chi connectivity index (χ0n) is 7.00. The molecule has 0 amide bonds. The maximum atomic E-state index is 10.9. The lowest BCUT2D eigenvalue weighted by Crippen LogP contribution is -2.35. The largest absolute Gasteiger partial charge is 0.481 e. The summed E-state index contributed by atoms with van der Waals surface area (Å²) in [5.41, 5.74) is -0.533. The van der Waals surface area contributed by atoms with Gasteiger partial charge < -0.3 is 5.11 Å². The smallest absolute Gasteiger partial charge is 0.309 e. The van der Waals surface area contributed by atoms with Gasteiger partial charge in [0.15, 0.2) is 0 Å². The van der Waals surface area contributed by atoms with Crippen molar-refractivity contribution in [2.75, 3.05) is 0 Å². The molecule has 1 aliphatic carbocycles.